The molecule has 0 aromatic rings. The van der Waals surface area contributed by atoms with Crippen LogP contribution in [-0.4, -0.2) is 37.2 Å². The van der Waals surface area contributed by atoms with Gasteiger partial charge in [-0.15, -0.1) is 0 Å². The number of unbranched alkanes of at least 4 members (excludes halogenated alkanes) is 12. The lowest BCUT2D eigenvalue weighted by molar-refractivity contribution is -0.166. The average Bonchev–Trinajstić information content (AvgIpc) is 3.43. The minimum Gasteiger partial charge on any atom is -0.462 e. The van der Waals surface area contributed by atoms with Crippen LogP contribution < -0.4 is 0 Å². The van der Waals surface area contributed by atoms with Gasteiger partial charge in [-0.25, -0.2) is 0 Å². The Kier molecular flexibility index (Phi) is 58.6. The van der Waals surface area contributed by atoms with Gasteiger partial charge in [0.05, 0.1) is 6.42 Å². The summed E-state index contributed by atoms with van der Waals surface area (Å²) in [7, 11) is 0. The van der Waals surface area contributed by atoms with Crippen molar-refractivity contribution in [3.8, 4) is 0 Å². The van der Waals surface area contributed by atoms with E-state index in [9.17, 15) is 14.4 Å². The zero-order valence-electron chi connectivity index (χ0n) is 48.9. The lowest BCUT2D eigenvalue weighted by Gasteiger charge is -2.18. The minimum absolute atomic E-state index is 0.109. The molecule has 0 aromatic heterocycles. The van der Waals surface area contributed by atoms with Crippen LogP contribution in [0, 0.1) is 0 Å². The SMILES string of the molecule is CC/C=C\C/C=C\C/C=C\C/C=C\C/C=C\CCCCCCCCCCCC(=O)OCC(COC(=O)C/C=C\C/C=C\C/C=C\C/C=C\C/C=C\CC)OC(=O)CCCCC/C=C\C/C=C\C/C=C\C/C=C\C/C=C\CC. The molecule has 0 spiro atoms. The van der Waals surface area contributed by atoms with Crippen molar-refractivity contribution in [2.45, 2.75) is 232 Å². The van der Waals surface area contributed by atoms with Gasteiger partial charge in [-0.1, -0.05) is 254 Å². The molecule has 0 rings (SSSR count). The van der Waals surface area contributed by atoms with Gasteiger partial charge in [-0.3, -0.25) is 14.4 Å². The molecule has 0 radical (unpaired) electrons. The molecule has 428 valence electrons. The molecule has 0 bridgehead atoms. The van der Waals surface area contributed by atoms with Crippen molar-refractivity contribution in [3.05, 3.63) is 182 Å². The number of allylic oxidation sites excluding steroid dienone is 29. The van der Waals surface area contributed by atoms with Crippen molar-refractivity contribution in [2.75, 3.05) is 13.2 Å². The molecule has 6 nitrogen and oxygen atoms in total. The van der Waals surface area contributed by atoms with Gasteiger partial charge in [0.2, 0.25) is 0 Å². The predicted octanol–water partition coefficient (Wildman–Crippen LogP) is 20.9. The Morgan fingerprint density at radius 2 is 0.519 bits per heavy atom. The van der Waals surface area contributed by atoms with Crippen molar-refractivity contribution in [1.82, 2.24) is 0 Å². The third-order valence-electron chi connectivity index (χ3n) is 11.9. The molecule has 1 atom stereocenters. The molecular weight excluding hydrogens is 949 g/mol. The highest BCUT2D eigenvalue weighted by Crippen LogP contribution is 2.13. The van der Waals surface area contributed by atoms with Crippen LogP contribution in [0.5, 0.6) is 0 Å². The van der Waals surface area contributed by atoms with Gasteiger partial charge >= 0.3 is 17.9 Å². The first-order valence-electron chi connectivity index (χ1n) is 30.3. The van der Waals surface area contributed by atoms with Gasteiger partial charge in [0.25, 0.3) is 0 Å². The van der Waals surface area contributed by atoms with Crippen LogP contribution >= 0.6 is 0 Å². The van der Waals surface area contributed by atoms with E-state index < -0.39 is 12.1 Å². The molecule has 0 aliphatic carbocycles. The van der Waals surface area contributed by atoms with E-state index in [1.807, 2.05) is 6.08 Å². The predicted molar refractivity (Wildman–Crippen MR) is 334 cm³/mol. The average molecular weight is 1060 g/mol. The smallest absolute Gasteiger partial charge is 0.309 e. The molecule has 1 unspecified atom stereocenters. The molecule has 0 aliphatic rings. The summed E-state index contributed by atoms with van der Waals surface area (Å²) in [5, 5.41) is 0. The van der Waals surface area contributed by atoms with E-state index in [2.05, 4.69) is 191 Å². The summed E-state index contributed by atoms with van der Waals surface area (Å²) in [6.45, 7) is 6.16. The largest absolute Gasteiger partial charge is 0.462 e. The molecule has 0 heterocycles. The molecule has 0 saturated carbocycles. The van der Waals surface area contributed by atoms with Crippen LogP contribution in [0.2, 0.25) is 0 Å². The number of hydrogen-bond acceptors (Lipinski definition) is 6. The first-order chi connectivity index (χ1) is 38.0. The zero-order valence-corrected chi connectivity index (χ0v) is 48.9. The second-order valence-corrected chi connectivity index (χ2v) is 19.1. The molecule has 0 aliphatic heterocycles. The second kappa shape index (κ2) is 63.0. The quantitative estimate of drug-likeness (QED) is 0.0261. The van der Waals surface area contributed by atoms with Gasteiger partial charge < -0.3 is 14.2 Å². The fourth-order valence-corrected chi connectivity index (χ4v) is 7.51. The molecule has 0 amide bonds. The minimum atomic E-state index is -0.850. The second-order valence-electron chi connectivity index (χ2n) is 19.1. The summed E-state index contributed by atoms with van der Waals surface area (Å²) < 4.78 is 16.8. The van der Waals surface area contributed by atoms with Gasteiger partial charge in [0.15, 0.2) is 6.10 Å². The normalized spacial score (nSPS) is 13.4. The van der Waals surface area contributed by atoms with E-state index in [4.69, 9.17) is 14.2 Å². The molecule has 77 heavy (non-hydrogen) atoms. The molecule has 0 fully saturated rings. The number of carbonyl (C=O) groups excluding carboxylic acids is 3. The fraction of sp³-hybridized carbons (Fsp3) is 0.535. The Hall–Kier alpha value is -5.49. The van der Waals surface area contributed by atoms with Crippen LogP contribution in [0.15, 0.2) is 182 Å². The molecule has 6 heteroatoms. The van der Waals surface area contributed by atoms with Crippen molar-refractivity contribution in [1.29, 1.82) is 0 Å². The standard InChI is InChI=1S/C71H108O6/c1-4-7-10-13-16-19-22-25-28-30-32-33-34-35-36-37-39-40-43-46-49-52-55-58-61-64-70(73)76-67-68(66-75-69(72)63-60-57-54-51-48-45-42-27-24-21-18-15-12-9-6-3)77-71(74)65-62-59-56-53-50-47-44-41-38-31-29-26-23-20-17-14-11-8-5-2/h7-12,16-21,25-29,32-33,35-36,38,41-42,47-48,50-51,57,60,68H,4-6,13-15,22-24,30-31,34,37,39-40,43-46,49,52-56,58-59,61-67H2,1-3H3/b10-7-,11-8-,12-9-,19-16-,20-17-,21-18-,28-25-,29-26-,33-32-,36-35-,41-38-,42-27-,50-47-,51-48-,60-57-. The summed E-state index contributed by atoms with van der Waals surface area (Å²) in [6.07, 6.45) is 94.8. The summed E-state index contributed by atoms with van der Waals surface area (Å²) in [5.41, 5.74) is 0. The van der Waals surface area contributed by atoms with E-state index in [0.29, 0.717) is 12.8 Å². The maximum absolute atomic E-state index is 12.9. The third kappa shape index (κ3) is 61.2. The van der Waals surface area contributed by atoms with E-state index >= 15 is 0 Å². The van der Waals surface area contributed by atoms with E-state index in [0.717, 1.165) is 141 Å². The summed E-state index contributed by atoms with van der Waals surface area (Å²) >= 11 is 0. The lowest BCUT2D eigenvalue weighted by atomic mass is 10.1. The van der Waals surface area contributed by atoms with Gasteiger partial charge in [-0.05, 0) is 135 Å². The summed E-state index contributed by atoms with van der Waals surface area (Å²) in [5.74, 6) is -1.12. The van der Waals surface area contributed by atoms with Gasteiger partial charge in [0, 0.05) is 12.8 Å². The Morgan fingerprint density at radius 1 is 0.273 bits per heavy atom. The van der Waals surface area contributed by atoms with Crippen molar-refractivity contribution < 1.29 is 28.6 Å². The van der Waals surface area contributed by atoms with Crippen molar-refractivity contribution in [3.63, 3.8) is 0 Å². The lowest BCUT2D eigenvalue weighted by Crippen LogP contribution is -2.30. The van der Waals surface area contributed by atoms with Gasteiger partial charge in [0.1, 0.15) is 13.2 Å². The Balaban J connectivity index is 4.54. The van der Waals surface area contributed by atoms with E-state index in [-0.39, 0.29) is 38.0 Å². The summed E-state index contributed by atoms with van der Waals surface area (Å²) in [4.78, 5) is 38.2. The van der Waals surface area contributed by atoms with Crippen LogP contribution in [0.4, 0.5) is 0 Å². The highest BCUT2D eigenvalue weighted by Gasteiger charge is 2.19. The Bertz CT molecular complexity index is 1840. The zero-order chi connectivity index (χ0) is 55.7. The molecule has 0 saturated heterocycles. The molecule has 0 aromatic carbocycles. The van der Waals surface area contributed by atoms with Crippen LogP contribution in [-0.2, 0) is 28.6 Å². The first kappa shape index (κ1) is 71.5. The van der Waals surface area contributed by atoms with Crippen molar-refractivity contribution in [2.24, 2.45) is 0 Å². The molecular formula is C71H108O6. The summed E-state index contributed by atoms with van der Waals surface area (Å²) in [6, 6.07) is 0. The van der Waals surface area contributed by atoms with Crippen LogP contribution in [0.1, 0.15) is 226 Å². The van der Waals surface area contributed by atoms with Crippen LogP contribution in [0.3, 0.4) is 0 Å². The van der Waals surface area contributed by atoms with Gasteiger partial charge in [-0.2, -0.15) is 0 Å². The Labute approximate surface area is 472 Å². The highest BCUT2D eigenvalue weighted by atomic mass is 16.6. The number of ether oxygens (including phenoxy) is 3. The topological polar surface area (TPSA) is 78.9 Å². The van der Waals surface area contributed by atoms with E-state index in [1.165, 1.54) is 38.5 Å². The number of carbonyl (C=O) groups is 3. The number of esters is 3. The van der Waals surface area contributed by atoms with Crippen LogP contribution in [0.25, 0.3) is 0 Å². The van der Waals surface area contributed by atoms with Crippen molar-refractivity contribution >= 4 is 17.9 Å². The monoisotopic (exact) mass is 1060 g/mol. The maximum atomic E-state index is 12.9. The first-order valence-corrected chi connectivity index (χ1v) is 30.3. The Morgan fingerprint density at radius 3 is 0.857 bits per heavy atom. The maximum Gasteiger partial charge on any atom is 0.309 e. The fourth-order valence-electron chi connectivity index (χ4n) is 7.51. The number of rotatable bonds is 52. The number of hydrogen-bond donors (Lipinski definition) is 0. The van der Waals surface area contributed by atoms with E-state index in [1.54, 1.807) is 6.08 Å². The third-order valence-corrected chi connectivity index (χ3v) is 11.9. The molecule has 0 N–H and O–H groups in total. The highest BCUT2D eigenvalue weighted by molar-refractivity contribution is 5.72.